The highest BCUT2D eigenvalue weighted by molar-refractivity contribution is 7.89. The maximum Gasteiger partial charge on any atom is 0.278 e. The molecule has 0 unspecified atom stereocenters. The van der Waals surface area contributed by atoms with Gasteiger partial charge in [-0.25, -0.2) is 13.8 Å². The van der Waals surface area contributed by atoms with Crippen LogP contribution in [0.15, 0.2) is 52.5 Å². The van der Waals surface area contributed by atoms with Crippen molar-refractivity contribution in [2.75, 3.05) is 20.7 Å². The Balaban J connectivity index is 2.05. The van der Waals surface area contributed by atoms with Gasteiger partial charge in [-0.2, -0.15) is 9.41 Å². The normalized spacial score (nSPS) is 11.6. The van der Waals surface area contributed by atoms with Gasteiger partial charge in [-0.15, -0.1) is 0 Å². The van der Waals surface area contributed by atoms with Gasteiger partial charge in [-0.05, 0) is 36.8 Å². The van der Waals surface area contributed by atoms with Crippen LogP contribution in [0.4, 0.5) is 5.69 Å². The Morgan fingerprint density at radius 3 is 2.62 bits per heavy atom. The van der Waals surface area contributed by atoms with Crippen LogP contribution in [-0.2, 0) is 14.8 Å². The number of para-hydroxylation sites is 1. The number of carbonyl (C=O) groups excluding carboxylic acids is 1. The van der Waals surface area contributed by atoms with Crippen molar-refractivity contribution in [3.05, 3.63) is 63.7 Å². The van der Waals surface area contributed by atoms with Crippen LogP contribution < -0.4 is 10.2 Å². The standard InChI is InChI=1S/C18H20N4O6S/c1-13-10-15(8-9-17(13)28-3)29(26,27)21(2)12-18(23)20-19-11-14-6-4-5-7-16(14)22(24)25/h4-11H,12H2,1-3H3,(H,20,23)/b19-11+. The van der Waals surface area contributed by atoms with Crippen LogP contribution in [0.5, 0.6) is 5.75 Å². The highest BCUT2D eigenvalue weighted by Gasteiger charge is 2.23. The summed E-state index contributed by atoms with van der Waals surface area (Å²) >= 11 is 0. The fourth-order valence-electron chi connectivity index (χ4n) is 2.45. The molecule has 1 amide bonds. The number of nitro groups is 1. The van der Waals surface area contributed by atoms with Gasteiger partial charge in [0.2, 0.25) is 10.0 Å². The van der Waals surface area contributed by atoms with Crippen molar-refractivity contribution in [2.45, 2.75) is 11.8 Å². The molecule has 2 aromatic rings. The van der Waals surface area contributed by atoms with Crippen molar-refractivity contribution in [1.82, 2.24) is 9.73 Å². The minimum Gasteiger partial charge on any atom is -0.496 e. The number of nitro benzene ring substituents is 1. The number of amides is 1. The first-order chi connectivity index (χ1) is 13.7. The third kappa shape index (κ3) is 5.36. The molecule has 0 heterocycles. The third-order valence-corrected chi connectivity index (χ3v) is 5.77. The summed E-state index contributed by atoms with van der Waals surface area (Å²) in [5, 5.41) is 14.6. The number of hydrazone groups is 1. The molecule has 0 aliphatic carbocycles. The molecule has 0 spiro atoms. The van der Waals surface area contributed by atoms with Gasteiger partial charge in [-0.3, -0.25) is 14.9 Å². The number of hydrogen-bond acceptors (Lipinski definition) is 7. The van der Waals surface area contributed by atoms with E-state index < -0.39 is 27.4 Å². The van der Waals surface area contributed by atoms with Crippen molar-refractivity contribution in [3.63, 3.8) is 0 Å². The molecule has 0 aliphatic heterocycles. The molecule has 11 heteroatoms. The first-order valence-corrected chi connectivity index (χ1v) is 9.77. The summed E-state index contributed by atoms with van der Waals surface area (Å²) in [6, 6.07) is 10.3. The average Bonchev–Trinajstić information content (AvgIpc) is 2.68. The summed E-state index contributed by atoms with van der Waals surface area (Å²) in [5.74, 6) is -0.148. The Labute approximate surface area is 168 Å². The number of sulfonamides is 1. The second kappa shape index (κ2) is 9.26. The molecule has 0 aliphatic rings. The number of nitrogens with one attached hydrogen (secondary N) is 1. The number of hydrogen-bond donors (Lipinski definition) is 1. The number of methoxy groups -OCH3 is 1. The van der Waals surface area contributed by atoms with Crippen molar-refractivity contribution in [2.24, 2.45) is 5.10 Å². The summed E-state index contributed by atoms with van der Waals surface area (Å²) in [6.45, 7) is 1.23. The molecule has 0 fully saturated rings. The molecule has 29 heavy (non-hydrogen) atoms. The van der Waals surface area contributed by atoms with Crippen LogP contribution in [0.3, 0.4) is 0 Å². The minimum absolute atomic E-state index is 0.0227. The van der Waals surface area contributed by atoms with E-state index in [1.54, 1.807) is 13.0 Å². The van der Waals surface area contributed by atoms with Gasteiger partial charge < -0.3 is 4.74 Å². The monoisotopic (exact) mass is 420 g/mol. The molecule has 0 saturated carbocycles. The Morgan fingerprint density at radius 2 is 2.00 bits per heavy atom. The molecule has 0 radical (unpaired) electrons. The molecule has 0 saturated heterocycles. The van der Waals surface area contributed by atoms with E-state index in [9.17, 15) is 23.3 Å². The van der Waals surface area contributed by atoms with E-state index in [0.29, 0.717) is 11.3 Å². The maximum atomic E-state index is 12.6. The highest BCUT2D eigenvalue weighted by Crippen LogP contribution is 2.23. The van der Waals surface area contributed by atoms with Crippen LogP contribution in [-0.4, -0.2) is 50.5 Å². The van der Waals surface area contributed by atoms with Crippen LogP contribution in [0.25, 0.3) is 0 Å². The van der Waals surface area contributed by atoms with E-state index in [4.69, 9.17) is 4.74 Å². The van der Waals surface area contributed by atoms with Crippen molar-refractivity contribution in [3.8, 4) is 5.75 Å². The fraction of sp³-hybridized carbons (Fsp3) is 0.222. The lowest BCUT2D eigenvalue weighted by molar-refractivity contribution is -0.385. The van der Waals surface area contributed by atoms with Gasteiger partial charge in [0.05, 0.1) is 35.3 Å². The van der Waals surface area contributed by atoms with Crippen molar-refractivity contribution in [1.29, 1.82) is 0 Å². The number of rotatable bonds is 8. The predicted molar refractivity (Wildman–Crippen MR) is 106 cm³/mol. The third-order valence-electron chi connectivity index (χ3n) is 3.97. The molecule has 2 aromatic carbocycles. The number of ether oxygens (including phenoxy) is 1. The van der Waals surface area contributed by atoms with Gasteiger partial charge >= 0.3 is 0 Å². The Hall–Kier alpha value is -3.31. The van der Waals surface area contributed by atoms with Gasteiger partial charge in [0.15, 0.2) is 0 Å². The second-order valence-corrected chi connectivity index (χ2v) is 8.05. The number of nitrogens with zero attached hydrogens (tertiary/aromatic N) is 3. The van der Waals surface area contributed by atoms with Crippen LogP contribution in [0.1, 0.15) is 11.1 Å². The molecule has 0 aromatic heterocycles. The van der Waals surface area contributed by atoms with Crippen LogP contribution >= 0.6 is 0 Å². The lowest BCUT2D eigenvalue weighted by atomic mass is 10.2. The smallest absolute Gasteiger partial charge is 0.278 e. The zero-order valence-electron chi connectivity index (χ0n) is 16.0. The quantitative estimate of drug-likeness (QED) is 0.393. The number of benzene rings is 2. The topological polar surface area (TPSA) is 131 Å². The predicted octanol–water partition coefficient (Wildman–Crippen LogP) is 1.68. The second-order valence-electron chi connectivity index (χ2n) is 6.00. The van der Waals surface area contributed by atoms with E-state index in [2.05, 4.69) is 10.5 Å². The largest absolute Gasteiger partial charge is 0.496 e. The molecule has 0 atom stereocenters. The molecule has 0 bridgehead atoms. The number of aryl methyl sites for hydroxylation is 1. The summed E-state index contributed by atoms with van der Waals surface area (Å²) in [5.41, 5.74) is 2.84. The number of carbonyl (C=O) groups is 1. The van der Waals surface area contributed by atoms with E-state index in [1.165, 1.54) is 50.6 Å². The SMILES string of the molecule is COc1ccc(S(=O)(=O)N(C)CC(=O)N/N=C/c2ccccc2[N+](=O)[O-])cc1C. The average molecular weight is 420 g/mol. The van der Waals surface area contributed by atoms with Gasteiger partial charge in [0, 0.05) is 13.1 Å². The number of likely N-dealkylation sites (N-methyl/N-ethyl adjacent to an activating group) is 1. The van der Waals surface area contributed by atoms with Crippen molar-refractivity contribution < 1.29 is 22.9 Å². The minimum atomic E-state index is -3.90. The molecule has 1 N–H and O–H groups in total. The molecule has 154 valence electrons. The van der Waals surface area contributed by atoms with E-state index in [-0.39, 0.29) is 16.1 Å². The lowest BCUT2D eigenvalue weighted by Gasteiger charge is -2.17. The van der Waals surface area contributed by atoms with Crippen LogP contribution in [0.2, 0.25) is 0 Å². The first kappa shape index (κ1) is 22.0. The molecule has 2 rings (SSSR count). The molecular weight excluding hydrogens is 400 g/mol. The van der Waals surface area contributed by atoms with E-state index in [1.807, 2.05) is 0 Å². The van der Waals surface area contributed by atoms with Gasteiger partial charge in [0.25, 0.3) is 11.6 Å². The highest BCUT2D eigenvalue weighted by atomic mass is 32.2. The summed E-state index contributed by atoms with van der Waals surface area (Å²) in [4.78, 5) is 22.4. The molecular formula is C18H20N4O6S. The van der Waals surface area contributed by atoms with Gasteiger partial charge in [0.1, 0.15) is 5.75 Å². The Kier molecular flexibility index (Phi) is 7.02. The Morgan fingerprint density at radius 1 is 1.31 bits per heavy atom. The first-order valence-electron chi connectivity index (χ1n) is 8.33. The Bertz CT molecular complexity index is 1050. The van der Waals surface area contributed by atoms with E-state index in [0.717, 1.165) is 10.5 Å². The molecule has 10 nitrogen and oxygen atoms in total. The zero-order valence-corrected chi connectivity index (χ0v) is 16.8. The fourth-order valence-corrected chi connectivity index (χ4v) is 3.66. The van der Waals surface area contributed by atoms with Gasteiger partial charge in [-0.1, -0.05) is 12.1 Å². The summed E-state index contributed by atoms with van der Waals surface area (Å²) in [7, 11) is -1.15. The lowest BCUT2D eigenvalue weighted by Crippen LogP contribution is -2.36. The van der Waals surface area contributed by atoms with E-state index >= 15 is 0 Å². The van der Waals surface area contributed by atoms with Crippen LogP contribution in [0, 0.1) is 17.0 Å². The summed E-state index contributed by atoms with van der Waals surface area (Å²) < 4.78 is 31.2. The van der Waals surface area contributed by atoms with Crippen molar-refractivity contribution >= 4 is 27.8 Å². The summed E-state index contributed by atoms with van der Waals surface area (Å²) in [6.07, 6.45) is 1.12. The maximum absolute atomic E-state index is 12.6. The zero-order chi connectivity index (χ0) is 21.6.